The molecule has 0 saturated heterocycles. The number of benzene rings is 1. The first-order chi connectivity index (χ1) is 9.59. The molecule has 1 unspecified atom stereocenters. The third-order valence-electron chi connectivity index (χ3n) is 3.70. The molecular formula is C15H22N2O3. The van der Waals surface area contributed by atoms with Crippen LogP contribution in [0.3, 0.4) is 0 Å². The molecule has 1 aromatic carbocycles. The van der Waals surface area contributed by atoms with Crippen molar-refractivity contribution in [3.8, 4) is 11.5 Å². The van der Waals surface area contributed by atoms with Gasteiger partial charge in [-0.15, -0.1) is 0 Å². The Hall–Kier alpha value is -1.75. The average molecular weight is 278 g/mol. The Balaban J connectivity index is 2.21. The van der Waals surface area contributed by atoms with Gasteiger partial charge in [-0.3, -0.25) is 4.79 Å². The van der Waals surface area contributed by atoms with Crippen LogP contribution in [-0.2, 0) is 0 Å². The Bertz CT molecular complexity index is 490. The lowest BCUT2D eigenvalue weighted by molar-refractivity contribution is 0.0889. The second-order valence-electron chi connectivity index (χ2n) is 5.24. The number of hydrogen-bond acceptors (Lipinski definition) is 4. The predicted octanol–water partition coefficient (Wildman–Crippen LogP) is 1.71. The minimum absolute atomic E-state index is 0.148. The smallest absolute Gasteiger partial charge is 0.255 e. The highest BCUT2D eigenvalue weighted by Gasteiger charge is 2.27. The summed E-state index contributed by atoms with van der Waals surface area (Å²) in [5.41, 5.74) is 5.83. The summed E-state index contributed by atoms with van der Waals surface area (Å²) < 4.78 is 11.1. The monoisotopic (exact) mass is 278 g/mol. The fourth-order valence-electron chi connectivity index (χ4n) is 2.24. The summed E-state index contributed by atoms with van der Waals surface area (Å²) in [4.78, 5) is 12.5. The number of carbonyl (C=O) groups is 1. The highest BCUT2D eigenvalue weighted by molar-refractivity contribution is 5.98. The van der Waals surface area contributed by atoms with Crippen LogP contribution in [-0.4, -0.2) is 31.2 Å². The van der Waals surface area contributed by atoms with Crippen LogP contribution in [0, 0.1) is 0 Å². The molecule has 1 amide bonds. The fraction of sp³-hybridized carbons (Fsp3) is 0.533. The van der Waals surface area contributed by atoms with Crippen LogP contribution in [0.4, 0.5) is 0 Å². The second-order valence-corrected chi connectivity index (χ2v) is 5.24. The number of para-hydroxylation sites is 1. The summed E-state index contributed by atoms with van der Waals surface area (Å²) >= 11 is 0. The normalized spacial score (nSPS) is 16.4. The number of nitrogens with one attached hydrogen (secondary N) is 1. The van der Waals surface area contributed by atoms with Gasteiger partial charge >= 0.3 is 0 Å². The fourth-order valence-corrected chi connectivity index (χ4v) is 2.24. The van der Waals surface area contributed by atoms with Gasteiger partial charge < -0.3 is 20.5 Å². The molecule has 0 spiro atoms. The molecule has 0 radical (unpaired) electrons. The lowest BCUT2D eigenvalue weighted by Crippen LogP contribution is -2.47. The molecule has 5 nitrogen and oxygen atoms in total. The number of hydrogen-bond donors (Lipinski definition) is 2. The van der Waals surface area contributed by atoms with Crippen LogP contribution in [0.5, 0.6) is 11.5 Å². The number of nitrogens with two attached hydrogens (primary N) is 1. The molecular weight excluding hydrogens is 256 g/mol. The van der Waals surface area contributed by atoms with Crippen molar-refractivity contribution in [1.82, 2.24) is 5.32 Å². The molecule has 0 aliphatic carbocycles. The highest BCUT2D eigenvalue weighted by Crippen LogP contribution is 2.33. The highest BCUT2D eigenvalue weighted by atomic mass is 16.6. The number of rotatable bonds is 5. The zero-order valence-electron chi connectivity index (χ0n) is 12.1. The SMILES string of the molecule is CCC(C)(CCN)NC(=O)c1cccc2c1OCCO2. The number of ether oxygens (including phenoxy) is 2. The molecule has 0 fully saturated rings. The number of fused-ring (bicyclic) bond motifs is 1. The lowest BCUT2D eigenvalue weighted by Gasteiger charge is -2.30. The number of amides is 1. The van der Waals surface area contributed by atoms with Gasteiger partial charge in [-0.2, -0.15) is 0 Å². The van der Waals surface area contributed by atoms with E-state index >= 15 is 0 Å². The van der Waals surface area contributed by atoms with E-state index in [0.29, 0.717) is 36.8 Å². The van der Waals surface area contributed by atoms with Crippen LogP contribution in [0.2, 0.25) is 0 Å². The molecule has 2 rings (SSSR count). The molecule has 0 saturated carbocycles. The van der Waals surface area contributed by atoms with Gasteiger partial charge in [-0.05, 0) is 38.4 Å². The summed E-state index contributed by atoms with van der Waals surface area (Å²) in [6, 6.07) is 5.36. The maximum Gasteiger partial charge on any atom is 0.255 e. The van der Waals surface area contributed by atoms with E-state index in [2.05, 4.69) is 5.32 Å². The van der Waals surface area contributed by atoms with E-state index in [9.17, 15) is 4.79 Å². The molecule has 1 atom stereocenters. The van der Waals surface area contributed by atoms with E-state index in [1.54, 1.807) is 12.1 Å². The molecule has 0 aromatic heterocycles. The van der Waals surface area contributed by atoms with Crippen LogP contribution in [0.1, 0.15) is 37.0 Å². The zero-order chi connectivity index (χ0) is 14.6. The topological polar surface area (TPSA) is 73.6 Å². The van der Waals surface area contributed by atoms with Crippen molar-refractivity contribution < 1.29 is 14.3 Å². The van der Waals surface area contributed by atoms with Gasteiger partial charge in [-0.25, -0.2) is 0 Å². The van der Waals surface area contributed by atoms with Gasteiger partial charge in [0.15, 0.2) is 11.5 Å². The molecule has 5 heteroatoms. The molecule has 1 aliphatic rings. The third-order valence-corrected chi connectivity index (χ3v) is 3.70. The second kappa shape index (κ2) is 6.13. The standard InChI is InChI=1S/C15H22N2O3/c1-3-15(2,7-8-16)17-14(18)11-5-4-6-12-13(11)20-10-9-19-12/h4-6H,3,7-10,16H2,1-2H3,(H,17,18). The van der Waals surface area contributed by atoms with E-state index in [1.807, 2.05) is 19.9 Å². The Labute approximate surface area is 119 Å². The first kappa shape index (κ1) is 14.7. The van der Waals surface area contributed by atoms with Crippen molar-refractivity contribution in [3.05, 3.63) is 23.8 Å². The van der Waals surface area contributed by atoms with Gasteiger partial charge in [0.25, 0.3) is 5.91 Å². The maximum absolute atomic E-state index is 12.5. The van der Waals surface area contributed by atoms with Crippen LogP contribution in [0.15, 0.2) is 18.2 Å². The number of carbonyl (C=O) groups excluding carboxylic acids is 1. The van der Waals surface area contributed by atoms with Gasteiger partial charge in [-0.1, -0.05) is 13.0 Å². The largest absolute Gasteiger partial charge is 0.486 e. The maximum atomic E-state index is 12.5. The zero-order valence-corrected chi connectivity index (χ0v) is 12.1. The van der Waals surface area contributed by atoms with Gasteiger partial charge in [0.2, 0.25) is 0 Å². The van der Waals surface area contributed by atoms with E-state index in [-0.39, 0.29) is 11.4 Å². The van der Waals surface area contributed by atoms with Crippen molar-refractivity contribution in [2.75, 3.05) is 19.8 Å². The van der Waals surface area contributed by atoms with Gasteiger partial charge in [0, 0.05) is 5.54 Å². The molecule has 0 bridgehead atoms. The third kappa shape index (κ3) is 3.04. The van der Waals surface area contributed by atoms with Crippen LogP contribution < -0.4 is 20.5 Å². The van der Waals surface area contributed by atoms with E-state index < -0.39 is 0 Å². The Kier molecular flexibility index (Phi) is 4.49. The van der Waals surface area contributed by atoms with Crippen molar-refractivity contribution in [2.24, 2.45) is 5.73 Å². The summed E-state index contributed by atoms with van der Waals surface area (Å²) in [5.74, 6) is 1.01. The molecule has 1 heterocycles. The van der Waals surface area contributed by atoms with Crippen LogP contribution in [0.25, 0.3) is 0 Å². The quantitative estimate of drug-likeness (QED) is 0.860. The van der Waals surface area contributed by atoms with E-state index in [1.165, 1.54) is 0 Å². The summed E-state index contributed by atoms with van der Waals surface area (Å²) in [5, 5.41) is 3.06. The van der Waals surface area contributed by atoms with Gasteiger partial charge in [0.1, 0.15) is 13.2 Å². The minimum atomic E-state index is -0.302. The first-order valence-corrected chi connectivity index (χ1v) is 7.01. The van der Waals surface area contributed by atoms with Crippen molar-refractivity contribution >= 4 is 5.91 Å². The first-order valence-electron chi connectivity index (χ1n) is 7.01. The van der Waals surface area contributed by atoms with Crippen molar-refractivity contribution in [2.45, 2.75) is 32.2 Å². The van der Waals surface area contributed by atoms with Crippen molar-refractivity contribution in [3.63, 3.8) is 0 Å². The Morgan fingerprint density at radius 1 is 1.40 bits per heavy atom. The molecule has 20 heavy (non-hydrogen) atoms. The Morgan fingerprint density at radius 3 is 2.85 bits per heavy atom. The summed E-state index contributed by atoms with van der Waals surface area (Å²) in [7, 11) is 0. The summed E-state index contributed by atoms with van der Waals surface area (Å²) in [6.07, 6.45) is 1.56. The van der Waals surface area contributed by atoms with E-state index in [0.717, 1.165) is 12.8 Å². The van der Waals surface area contributed by atoms with Crippen molar-refractivity contribution in [1.29, 1.82) is 0 Å². The molecule has 1 aromatic rings. The van der Waals surface area contributed by atoms with E-state index in [4.69, 9.17) is 15.2 Å². The molecule has 110 valence electrons. The molecule has 3 N–H and O–H groups in total. The average Bonchev–Trinajstić information content (AvgIpc) is 2.46. The molecule has 1 aliphatic heterocycles. The lowest BCUT2D eigenvalue weighted by atomic mass is 9.94. The Morgan fingerprint density at radius 2 is 2.15 bits per heavy atom. The minimum Gasteiger partial charge on any atom is -0.486 e. The predicted molar refractivity (Wildman–Crippen MR) is 77.3 cm³/mol. The summed E-state index contributed by atoms with van der Waals surface area (Å²) in [6.45, 7) is 5.56. The van der Waals surface area contributed by atoms with Gasteiger partial charge in [0.05, 0.1) is 5.56 Å². The van der Waals surface area contributed by atoms with Crippen LogP contribution >= 0.6 is 0 Å².